The van der Waals surface area contributed by atoms with Gasteiger partial charge in [-0.2, -0.15) is 0 Å². The third kappa shape index (κ3) is 4.20. The second-order valence-electron chi connectivity index (χ2n) is 9.28. The molecule has 4 rings (SSSR count). The molecule has 0 aliphatic carbocycles. The number of carboxylic acid groups (broad SMARTS) is 1. The number of amides is 1. The largest absolute Gasteiger partial charge is 0.478 e. The van der Waals surface area contributed by atoms with Gasteiger partial charge in [-0.1, -0.05) is 38.1 Å². The Morgan fingerprint density at radius 2 is 1.87 bits per heavy atom. The standard InChI is InChI=1S/C25H30N2O3/c1-25(2)16-20-15-19(24(29)30)9-10-21(20)26-23(25)18-8-6-7-17(13-18)14-22(28)27-11-4-3-5-12-27/h6-10,13,15,23,26H,3-5,11-12,14,16H2,1-2H3,(H,29,30). The number of fused-ring (bicyclic) bond motifs is 1. The highest BCUT2D eigenvalue weighted by molar-refractivity contribution is 5.88. The van der Waals surface area contributed by atoms with E-state index in [9.17, 15) is 14.7 Å². The van der Waals surface area contributed by atoms with Crippen molar-refractivity contribution >= 4 is 17.6 Å². The highest BCUT2D eigenvalue weighted by Crippen LogP contribution is 2.45. The van der Waals surface area contributed by atoms with E-state index in [-0.39, 0.29) is 17.4 Å². The van der Waals surface area contributed by atoms with Crippen LogP contribution in [0.4, 0.5) is 5.69 Å². The smallest absolute Gasteiger partial charge is 0.335 e. The number of carbonyl (C=O) groups excluding carboxylic acids is 1. The first-order valence-electron chi connectivity index (χ1n) is 10.8. The fourth-order valence-corrected chi connectivity index (χ4v) is 4.80. The summed E-state index contributed by atoms with van der Waals surface area (Å²) in [4.78, 5) is 26.0. The summed E-state index contributed by atoms with van der Waals surface area (Å²) in [6, 6.07) is 13.7. The molecule has 0 spiro atoms. The maximum atomic E-state index is 12.7. The van der Waals surface area contributed by atoms with Crippen molar-refractivity contribution in [3.05, 3.63) is 64.7 Å². The van der Waals surface area contributed by atoms with Crippen LogP contribution >= 0.6 is 0 Å². The normalized spacial score (nSPS) is 20.2. The molecule has 1 amide bonds. The zero-order valence-corrected chi connectivity index (χ0v) is 17.8. The van der Waals surface area contributed by atoms with E-state index in [1.54, 1.807) is 12.1 Å². The van der Waals surface area contributed by atoms with Gasteiger partial charge < -0.3 is 15.3 Å². The number of rotatable bonds is 4. The lowest BCUT2D eigenvalue weighted by Gasteiger charge is -2.41. The van der Waals surface area contributed by atoms with Gasteiger partial charge in [-0.15, -0.1) is 0 Å². The third-order valence-electron chi connectivity index (χ3n) is 6.43. The molecule has 2 aliphatic rings. The predicted molar refractivity (Wildman–Crippen MR) is 118 cm³/mol. The molecule has 2 aliphatic heterocycles. The highest BCUT2D eigenvalue weighted by atomic mass is 16.4. The summed E-state index contributed by atoms with van der Waals surface area (Å²) < 4.78 is 0. The molecule has 2 aromatic carbocycles. The van der Waals surface area contributed by atoms with Crippen LogP contribution < -0.4 is 5.32 Å². The average molecular weight is 407 g/mol. The number of nitrogens with zero attached hydrogens (tertiary/aromatic N) is 1. The summed E-state index contributed by atoms with van der Waals surface area (Å²) in [5.41, 5.74) is 4.46. The maximum absolute atomic E-state index is 12.7. The van der Waals surface area contributed by atoms with E-state index >= 15 is 0 Å². The van der Waals surface area contributed by atoms with Crippen LogP contribution in [0.1, 0.15) is 66.2 Å². The summed E-state index contributed by atoms with van der Waals surface area (Å²) in [7, 11) is 0. The van der Waals surface area contributed by atoms with Crippen molar-refractivity contribution in [3.63, 3.8) is 0 Å². The molecule has 2 N–H and O–H groups in total. The number of piperidine rings is 1. The number of aromatic carboxylic acids is 1. The average Bonchev–Trinajstić information content (AvgIpc) is 2.73. The number of anilines is 1. The summed E-state index contributed by atoms with van der Waals surface area (Å²) in [5, 5.41) is 12.9. The quantitative estimate of drug-likeness (QED) is 0.774. The zero-order valence-electron chi connectivity index (χ0n) is 17.8. The molecule has 2 heterocycles. The minimum Gasteiger partial charge on any atom is -0.478 e. The van der Waals surface area contributed by atoms with Crippen molar-refractivity contribution in [1.29, 1.82) is 0 Å². The van der Waals surface area contributed by atoms with Crippen molar-refractivity contribution in [2.45, 2.75) is 52.0 Å². The van der Waals surface area contributed by atoms with E-state index < -0.39 is 5.97 Å². The lowest BCUT2D eigenvalue weighted by Crippen LogP contribution is -2.37. The van der Waals surface area contributed by atoms with Crippen LogP contribution in [-0.2, 0) is 17.6 Å². The van der Waals surface area contributed by atoms with Crippen LogP contribution in [0.25, 0.3) is 0 Å². The van der Waals surface area contributed by atoms with Gasteiger partial charge in [0.15, 0.2) is 0 Å². The fraction of sp³-hybridized carbons (Fsp3) is 0.440. The second kappa shape index (κ2) is 8.13. The van der Waals surface area contributed by atoms with Crippen LogP contribution in [0, 0.1) is 5.41 Å². The van der Waals surface area contributed by atoms with E-state index in [1.807, 2.05) is 23.1 Å². The maximum Gasteiger partial charge on any atom is 0.335 e. The van der Waals surface area contributed by atoms with Crippen molar-refractivity contribution in [1.82, 2.24) is 4.90 Å². The Morgan fingerprint density at radius 3 is 2.60 bits per heavy atom. The van der Waals surface area contributed by atoms with E-state index in [2.05, 4.69) is 31.3 Å². The van der Waals surface area contributed by atoms with Gasteiger partial charge >= 0.3 is 5.97 Å². The van der Waals surface area contributed by atoms with Crippen molar-refractivity contribution in [2.24, 2.45) is 5.41 Å². The Hall–Kier alpha value is -2.82. The van der Waals surface area contributed by atoms with Gasteiger partial charge in [0, 0.05) is 18.8 Å². The molecule has 1 saturated heterocycles. The molecule has 0 radical (unpaired) electrons. The third-order valence-corrected chi connectivity index (χ3v) is 6.43. The van der Waals surface area contributed by atoms with Gasteiger partial charge in [-0.3, -0.25) is 4.79 Å². The molecule has 158 valence electrons. The topological polar surface area (TPSA) is 69.6 Å². The van der Waals surface area contributed by atoms with E-state index in [0.717, 1.165) is 54.7 Å². The summed E-state index contributed by atoms with van der Waals surface area (Å²) in [6.45, 7) is 6.16. The number of likely N-dealkylation sites (tertiary alicyclic amines) is 1. The van der Waals surface area contributed by atoms with Crippen LogP contribution in [0.5, 0.6) is 0 Å². The van der Waals surface area contributed by atoms with Crippen molar-refractivity contribution in [2.75, 3.05) is 18.4 Å². The molecule has 1 fully saturated rings. The van der Waals surface area contributed by atoms with Crippen LogP contribution in [0.3, 0.4) is 0 Å². The summed E-state index contributed by atoms with van der Waals surface area (Å²) in [5.74, 6) is -0.682. The minimum absolute atomic E-state index is 0.0886. The van der Waals surface area contributed by atoms with E-state index in [4.69, 9.17) is 0 Å². The first kappa shape index (κ1) is 20.5. The van der Waals surface area contributed by atoms with Crippen LogP contribution in [-0.4, -0.2) is 35.0 Å². The Labute approximate surface area is 178 Å². The van der Waals surface area contributed by atoms with Gasteiger partial charge in [-0.25, -0.2) is 4.79 Å². The summed E-state index contributed by atoms with van der Waals surface area (Å²) in [6.07, 6.45) is 4.67. The molecule has 1 unspecified atom stereocenters. The molecule has 0 saturated carbocycles. The molecular formula is C25H30N2O3. The molecule has 0 bridgehead atoms. The molecule has 5 nitrogen and oxygen atoms in total. The molecule has 0 aromatic heterocycles. The van der Waals surface area contributed by atoms with Gasteiger partial charge in [0.1, 0.15) is 0 Å². The Bertz CT molecular complexity index is 961. The lowest BCUT2D eigenvalue weighted by atomic mass is 9.72. The molecule has 2 aromatic rings. The number of hydrogen-bond donors (Lipinski definition) is 2. The van der Waals surface area contributed by atoms with Gasteiger partial charge in [-0.05, 0) is 66.0 Å². The highest BCUT2D eigenvalue weighted by Gasteiger charge is 2.36. The monoisotopic (exact) mass is 406 g/mol. The number of nitrogens with one attached hydrogen (secondary N) is 1. The molecule has 30 heavy (non-hydrogen) atoms. The number of hydrogen-bond acceptors (Lipinski definition) is 3. The van der Waals surface area contributed by atoms with Gasteiger partial charge in [0.2, 0.25) is 5.91 Å². The van der Waals surface area contributed by atoms with Gasteiger partial charge in [0.25, 0.3) is 0 Å². The number of benzene rings is 2. The number of carbonyl (C=O) groups is 2. The van der Waals surface area contributed by atoms with Crippen LogP contribution in [0.15, 0.2) is 42.5 Å². The van der Waals surface area contributed by atoms with Crippen LogP contribution in [0.2, 0.25) is 0 Å². The van der Waals surface area contributed by atoms with Gasteiger partial charge in [0.05, 0.1) is 18.0 Å². The molecular weight excluding hydrogens is 376 g/mol. The number of carboxylic acids is 1. The fourth-order valence-electron chi connectivity index (χ4n) is 4.80. The van der Waals surface area contributed by atoms with Crippen molar-refractivity contribution in [3.8, 4) is 0 Å². The first-order chi connectivity index (χ1) is 14.3. The van der Waals surface area contributed by atoms with E-state index in [1.165, 1.54) is 6.42 Å². The van der Waals surface area contributed by atoms with E-state index in [0.29, 0.717) is 12.0 Å². The zero-order chi connectivity index (χ0) is 21.3. The molecule has 1 atom stereocenters. The SMILES string of the molecule is CC1(C)Cc2cc(C(=O)O)ccc2NC1c1cccc(CC(=O)N2CCCCC2)c1. The summed E-state index contributed by atoms with van der Waals surface area (Å²) >= 11 is 0. The first-order valence-corrected chi connectivity index (χ1v) is 10.8. The predicted octanol–water partition coefficient (Wildman–Crippen LogP) is 4.68. The lowest BCUT2D eigenvalue weighted by molar-refractivity contribution is -0.131. The van der Waals surface area contributed by atoms with Crippen molar-refractivity contribution < 1.29 is 14.7 Å². The molecule has 5 heteroatoms. The Morgan fingerprint density at radius 1 is 1.10 bits per heavy atom. The minimum atomic E-state index is -0.899. The second-order valence-corrected chi connectivity index (χ2v) is 9.28. The Kier molecular flexibility index (Phi) is 5.54. The Balaban J connectivity index is 1.55.